The summed E-state index contributed by atoms with van der Waals surface area (Å²) in [6.45, 7) is 6.46. The van der Waals surface area contributed by atoms with Gasteiger partial charge in [-0.2, -0.15) is 5.10 Å². The van der Waals surface area contributed by atoms with E-state index < -0.39 is 0 Å². The Balaban J connectivity index is 1.95. The van der Waals surface area contributed by atoms with E-state index in [-0.39, 0.29) is 0 Å². The molecular formula is C13H24N4. The largest absolute Gasteiger partial charge is 0.318 e. The van der Waals surface area contributed by atoms with Crippen LogP contribution in [0.2, 0.25) is 0 Å². The molecule has 0 bridgehead atoms. The molecule has 1 fully saturated rings. The van der Waals surface area contributed by atoms with Gasteiger partial charge in [0.15, 0.2) is 0 Å². The summed E-state index contributed by atoms with van der Waals surface area (Å²) in [5.41, 5.74) is 1.34. The smallest absolute Gasteiger partial charge is 0.0534 e. The van der Waals surface area contributed by atoms with Gasteiger partial charge in [0, 0.05) is 37.4 Å². The molecule has 0 amide bonds. The number of hydrogen-bond donors (Lipinski definition) is 1. The van der Waals surface area contributed by atoms with Crippen molar-refractivity contribution < 1.29 is 0 Å². The van der Waals surface area contributed by atoms with Gasteiger partial charge in [-0.15, -0.1) is 0 Å². The molecule has 0 saturated carbocycles. The highest BCUT2D eigenvalue weighted by molar-refractivity contribution is 5.04. The van der Waals surface area contributed by atoms with E-state index in [0.29, 0.717) is 6.04 Å². The topological polar surface area (TPSA) is 33.1 Å². The summed E-state index contributed by atoms with van der Waals surface area (Å²) in [6.07, 6.45) is 8.21. The molecule has 2 rings (SSSR count). The third kappa shape index (κ3) is 3.30. The van der Waals surface area contributed by atoms with Crippen molar-refractivity contribution in [3.63, 3.8) is 0 Å². The lowest BCUT2D eigenvalue weighted by Gasteiger charge is -2.35. The number of aryl methyl sites for hydroxylation is 1. The van der Waals surface area contributed by atoms with Gasteiger partial charge in [0.25, 0.3) is 0 Å². The Hall–Kier alpha value is -0.870. The van der Waals surface area contributed by atoms with Crippen LogP contribution in [0.3, 0.4) is 0 Å². The normalized spacial score (nSPS) is 21.9. The highest BCUT2D eigenvalue weighted by Gasteiger charge is 2.21. The summed E-state index contributed by atoms with van der Waals surface area (Å²) in [5, 5.41) is 7.65. The van der Waals surface area contributed by atoms with Gasteiger partial charge in [-0.05, 0) is 33.4 Å². The van der Waals surface area contributed by atoms with Crippen LogP contribution in [0.1, 0.15) is 31.7 Å². The SMILES string of the molecule is CCn1cc(CN2CCCCC2CNC)cn1. The summed E-state index contributed by atoms with van der Waals surface area (Å²) >= 11 is 0. The minimum atomic E-state index is 0.693. The van der Waals surface area contributed by atoms with Crippen LogP contribution in [0.5, 0.6) is 0 Å². The summed E-state index contributed by atoms with van der Waals surface area (Å²) in [7, 11) is 2.04. The number of hydrogen-bond acceptors (Lipinski definition) is 3. The van der Waals surface area contributed by atoms with Crippen LogP contribution in [0.4, 0.5) is 0 Å². The van der Waals surface area contributed by atoms with Crippen LogP contribution < -0.4 is 5.32 Å². The summed E-state index contributed by atoms with van der Waals surface area (Å²) in [4.78, 5) is 2.59. The second-order valence-corrected chi connectivity index (χ2v) is 4.88. The lowest BCUT2D eigenvalue weighted by atomic mass is 10.0. The monoisotopic (exact) mass is 236 g/mol. The first-order chi connectivity index (χ1) is 8.33. The van der Waals surface area contributed by atoms with E-state index in [9.17, 15) is 0 Å². The molecule has 96 valence electrons. The van der Waals surface area contributed by atoms with Crippen LogP contribution in [0.15, 0.2) is 12.4 Å². The molecule has 4 heteroatoms. The molecule has 1 unspecified atom stereocenters. The second kappa shape index (κ2) is 6.17. The summed E-state index contributed by atoms with van der Waals surface area (Å²) in [6, 6.07) is 0.693. The van der Waals surface area contributed by atoms with E-state index in [4.69, 9.17) is 0 Å². The highest BCUT2D eigenvalue weighted by atomic mass is 15.3. The molecule has 1 aliphatic heterocycles. The van der Waals surface area contributed by atoms with E-state index in [2.05, 4.69) is 28.4 Å². The molecule has 0 aliphatic carbocycles. The molecule has 1 atom stereocenters. The van der Waals surface area contributed by atoms with Gasteiger partial charge in [-0.1, -0.05) is 6.42 Å². The Morgan fingerprint density at radius 3 is 3.06 bits per heavy atom. The van der Waals surface area contributed by atoms with Gasteiger partial charge in [-0.3, -0.25) is 9.58 Å². The third-order valence-corrected chi connectivity index (χ3v) is 3.59. The molecule has 1 N–H and O–H groups in total. The van der Waals surface area contributed by atoms with E-state index in [1.807, 2.05) is 17.9 Å². The third-order valence-electron chi connectivity index (χ3n) is 3.59. The van der Waals surface area contributed by atoms with Crippen molar-refractivity contribution in [1.29, 1.82) is 0 Å². The fourth-order valence-corrected chi connectivity index (χ4v) is 2.63. The average Bonchev–Trinajstić information content (AvgIpc) is 2.80. The minimum Gasteiger partial charge on any atom is -0.318 e. The van der Waals surface area contributed by atoms with Crippen molar-refractivity contribution in [2.24, 2.45) is 0 Å². The maximum atomic E-state index is 4.35. The fraction of sp³-hybridized carbons (Fsp3) is 0.769. The number of nitrogens with one attached hydrogen (secondary N) is 1. The fourth-order valence-electron chi connectivity index (χ4n) is 2.63. The maximum Gasteiger partial charge on any atom is 0.0534 e. The van der Waals surface area contributed by atoms with E-state index >= 15 is 0 Å². The van der Waals surface area contributed by atoms with Crippen LogP contribution in [-0.2, 0) is 13.1 Å². The molecule has 0 spiro atoms. The molecule has 4 nitrogen and oxygen atoms in total. The lowest BCUT2D eigenvalue weighted by Crippen LogP contribution is -2.44. The van der Waals surface area contributed by atoms with E-state index in [0.717, 1.165) is 19.6 Å². The molecule has 1 aromatic rings. The standard InChI is InChI=1S/C13H24N4/c1-3-17-11-12(8-15-17)10-16-7-5-4-6-13(16)9-14-2/h8,11,13-14H,3-7,9-10H2,1-2H3. The zero-order valence-electron chi connectivity index (χ0n) is 11.0. The second-order valence-electron chi connectivity index (χ2n) is 4.88. The number of aromatic nitrogens is 2. The van der Waals surface area contributed by atoms with Crippen molar-refractivity contribution in [3.8, 4) is 0 Å². The van der Waals surface area contributed by atoms with Crippen molar-refractivity contribution >= 4 is 0 Å². The van der Waals surface area contributed by atoms with Gasteiger partial charge in [0.1, 0.15) is 0 Å². The van der Waals surface area contributed by atoms with Crippen molar-refractivity contribution in [3.05, 3.63) is 18.0 Å². The predicted molar refractivity (Wildman–Crippen MR) is 69.9 cm³/mol. The highest BCUT2D eigenvalue weighted by Crippen LogP contribution is 2.18. The predicted octanol–water partition coefficient (Wildman–Crippen LogP) is 1.48. The van der Waals surface area contributed by atoms with E-state index in [1.54, 1.807) is 0 Å². The Kier molecular flexibility index (Phi) is 4.57. The number of nitrogens with zero attached hydrogens (tertiary/aromatic N) is 3. The summed E-state index contributed by atoms with van der Waals surface area (Å²) in [5.74, 6) is 0. The zero-order valence-corrected chi connectivity index (χ0v) is 11.0. The minimum absolute atomic E-state index is 0.693. The number of rotatable bonds is 5. The average molecular weight is 236 g/mol. The van der Waals surface area contributed by atoms with Gasteiger partial charge in [0.2, 0.25) is 0 Å². The number of likely N-dealkylation sites (N-methyl/N-ethyl adjacent to an activating group) is 1. The Morgan fingerprint density at radius 2 is 2.35 bits per heavy atom. The van der Waals surface area contributed by atoms with Crippen molar-refractivity contribution in [1.82, 2.24) is 20.0 Å². The van der Waals surface area contributed by atoms with Gasteiger partial charge in [0.05, 0.1) is 6.20 Å². The molecule has 2 heterocycles. The van der Waals surface area contributed by atoms with Gasteiger partial charge < -0.3 is 5.32 Å². The Bertz CT molecular complexity index is 332. The number of piperidine rings is 1. The molecule has 1 aliphatic rings. The zero-order chi connectivity index (χ0) is 12.1. The van der Waals surface area contributed by atoms with Gasteiger partial charge >= 0.3 is 0 Å². The number of likely N-dealkylation sites (tertiary alicyclic amines) is 1. The summed E-state index contributed by atoms with van der Waals surface area (Å²) < 4.78 is 2.01. The molecule has 17 heavy (non-hydrogen) atoms. The van der Waals surface area contributed by atoms with Crippen LogP contribution in [-0.4, -0.2) is 40.9 Å². The maximum absolute atomic E-state index is 4.35. The van der Waals surface area contributed by atoms with Crippen molar-refractivity contribution in [2.75, 3.05) is 20.1 Å². The van der Waals surface area contributed by atoms with E-state index in [1.165, 1.54) is 31.4 Å². The van der Waals surface area contributed by atoms with Crippen LogP contribution in [0.25, 0.3) is 0 Å². The molecule has 0 radical (unpaired) electrons. The molecule has 0 aromatic carbocycles. The quantitative estimate of drug-likeness (QED) is 0.840. The molecule has 1 saturated heterocycles. The van der Waals surface area contributed by atoms with Crippen LogP contribution >= 0.6 is 0 Å². The first-order valence-corrected chi connectivity index (χ1v) is 6.73. The van der Waals surface area contributed by atoms with Crippen LogP contribution in [0, 0.1) is 0 Å². The van der Waals surface area contributed by atoms with Crippen molar-refractivity contribution in [2.45, 2.75) is 45.3 Å². The Labute approximate surface area is 104 Å². The molecular weight excluding hydrogens is 212 g/mol. The first-order valence-electron chi connectivity index (χ1n) is 6.73. The Morgan fingerprint density at radius 1 is 1.47 bits per heavy atom. The first kappa shape index (κ1) is 12.6. The lowest BCUT2D eigenvalue weighted by molar-refractivity contribution is 0.139. The van der Waals surface area contributed by atoms with Gasteiger partial charge in [-0.25, -0.2) is 0 Å². The molecule has 1 aromatic heterocycles.